The van der Waals surface area contributed by atoms with Crippen LogP contribution in [0.15, 0.2) is 12.1 Å². The summed E-state index contributed by atoms with van der Waals surface area (Å²) in [5.41, 5.74) is 0.532. The molecule has 0 radical (unpaired) electrons. The van der Waals surface area contributed by atoms with Gasteiger partial charge in [0, 0.05) is 25.2 Å². The molecule has 4 rings (SSSR count). The van der Waals surface area contributed by atoms with Crippen LogP contribution in [0.3, 0.4) is 0 Å². The molecular formula is C18H22ClFN4OS. The number of likely N-dealkylation sites (N-methyl/N-ethyl adjacent to an activating group) is 1. The lowest BCUT2D eigenvalue weighted by atomic mass is 9.91. The van der Waals surface area contributed by atoms with Gasteiger partial charge in [0.25, 0.3) is 0 Å². The van der Waals surface area contributed by atoms with Crippen molar-refractivity contribution in [1.29, 1.82) is 0 Å². The van der Waals surface area contributed by atoms with Gasteiger partial charge in [-0.05, 0) is 45.5 Å². The van der Waals surface area contributed by atoms with Gasteiger partial charge in [-0.1, -0.05) is 22.9 Å². The summed E-state index contributed by atoms with van der Waals surface area (Å²) in [6.07, 6.45) is 1.92. The Morgan fingerprint density at radius 1 is 1.42 bits per heavy atom. The van der Waals surface area contributed by atoms with Gasteiger partial charge in [-0.15, -0.1) is 0 Å². The maximum atomic E-state index is 13.5. The fourth-order valence-electron chi connectivity index (χ4n) is 3.93. The number of amides is 1. The Hall–Kier alpha value is -1.28. The monoisotopic (exact) mass is 396 g/mol. The Balaban J connectivity index is 1.44. The summed E-state index contributed by atoms with van der Waals surface area (Å²) in [6.45, 7) is 5.15. The number of carbonyl (C=O) groups is 1. The van der Waals surface area contributed by atoms with Crippen LogP contribution in [-0.4, -0.2) is 59.5 Å². The largest absolute Gasteiger partial charge is 0.302 e. The summed E-state index contributed by atoms with van der Waals surface area (Å²) in [4.78, 5) is 21.9. The lowest BCUT2D eigenvalue weighted by molar-refractivity contribution is -0.123. The van der Waals surface area contributed by atoms with E-state index in [4.69, 9.17) is 11.6 Å². The predicted molar refractivity (Wildman–Crippen MR) is 103 cm³/mol. The Bertz CT molecular complexity index is 844. The molecule has 0 bridgehead atoms. The fourth-order valence-corrected chi connectivity index (χ4v) is 5.15. The highest BCUT2D eigenvalue weighted by Crippen LogP contribution is 2.33. The number of fused-ring (bicyclic) bond motifs is 1. The van der Waals surface area contributed by atoms with Gasteiger partial charge in [0.2, 0.25) is 5.91 Å². The maximum Gasteiger partial charge on any atom is 0.230 e. The number of anilines is 1. The van der Waals surface area contributed by atoms with Crippen molar-refractivity contribution in [3.63, 3.8) is 0 Å². The predicted octanol–water partition coefficient (Wildman–Crippen LogP) is 3.44. The number of hydrogen-bond donors (Lipinski definition) is 1. The van der Waals surface area contributed by atoms with E-state index in [-0.39, 0.29) is 16.8 Å². The number of thiazole rings is 1. The molecule has 3 unspecified atom stereocenters. The Morgan fingerprint density at radius 3 is 2.96 bits per heavy atom. The molecule has 1 aromatic heterocycles. The van der Waals surface area contributed by atoms with Gasteiger partial charge in [-0.3, -0.25) is 9.69 Å². The first-order valence-electron chi connectivity index (χ1n) is 8.93. The highest BCUT2D eigenvalue weighted by atomic mass is 35.5. The Kier molecular flexibility index (Phi) is 4.90. The molecule has 0 aliphatic carbocycles. The highest BCUT2D eigenvalue weighted by Gasteiger charge is 2.39. The van der Waals surface area contributed by atoms with Crippen LogP contribution >= 0.6 is 22.9 Å². The van der Waals surface area contributed by atoms with E-state index in [1.807, 2.05) is 0 Å². The van der Waals surface area contributed by atoms with E-state index in [2.05, 4.69) is 34.1 Å². The first-order valence-corrected chi connectivity index (χ1v) is 10.1. The molecule has 1 aromatic carbocycles. The minimum Gasteiger partial charge on any atom is -0.302 e. The minimum atomic E-state index is -0.397. The molecule has 1 amide bonds. The summed E-state index contributed by atoms with van der Waals surface area (Å²) in [5.74, 6) is -0.446. The Morgan fingerprint density at radius 2 is 2.23 bits per heavy atom. The highest BCUT2D eigenvalue weighted by molar-refractivity contribution is 7.22. The van der Waals surface area contributed by atoms with Crippen molar-refractivity contribution in [2.75, 3.05) is 32.0 Å². The van der Waals surface area contributed by atoms with Gasteiger partial charge in [0.1, 0.15) is 11.3 Å². The number of benzene rings is 1. The SMILES string of the molecule is CC1C(N2CCCC(C(=O)Nc3nc4c(Cl)cc(F)cc4s3)C2)CN1C. The summed E-state index contributed by atoms with van der Waals surface area (Å²) >= 11 is 7.30. The van der Waals surface area contributed by atoms with E-state index < -0.39 is 5.82 Å². The third-order valence-electron chi connectivity index (χ3n) is 5.66. The van der Waals surface area contributed by atoms with Crippen LogP contribution in [0, 0.1) is 11.7 Å². The summed E-state index contributed by atoms with van der Waals surface area (Å²) < 4.78 is 14.1. The summed E-state index contributed by atoms with van der Waals surface area (Å²) in [7, 11) is 2.14. The third kappa shape index (κ3) is 3.33. The first kappa shape index (κ1) is 18.1. The van der Waals surface area contributed by atoms with Crippen LogP contribution in [0.1, 0.15) is 19.8 Å². The molecule has 3 atom stereocenters. The van der Waals surface area contributed by atoms with Gasteiger partial charge < -0.3 is 10.2 Å². The number of rotatable bonds is 3. The second kappa shape index (κ2) is 7.03. The zero-order valence-electron chi connectivity index (χ0n) is 14.8. The van der Waals surface area contributed by atoms with Crippen molar-refractivity contribution >= 4 is 44.2 Å². The average molecular weight is 397 g/mol. The Labute approximate surface area is 161 Å². The molecule has 140 valence electrons. The van der Waals surface area contributed by atoms with Gasteiger partial charge >= 0.3 is 0 Å². The molecule has 1 N–H and O–H groups in total. The number of likely N-dealkylation sites (tertiary alicyclic amines) is 2. The quantitative estimate of drug-likeness (QED) is 0.863. The molecule has 26 heavy (non-hydrogen) atoms. The van der Waals surface area contributed by atoms with Crippen LogP contribution in [0.5, 0.6) is 0 Å². The second-order valence-corrected chi connectivity index (χ2v) is 8.76. The van der Waals surface area contributed by atoms with Crippen LogP contribution < -0.4 is 5.32 Å². The van der Waals surface area contributed by atoms with E-state index in [1.165, 1.54) is 23.5 Å². The number of nitrogens with one attached hydrogen (secondary N) is 1. The normalized spacial score (nSPS) is 27.5. The lowest BCUT2D eigenvalue weighted by Gasteiger charge is -2.51. The van der Waals surface area contributed by atoms with Crippen LogP contribution in [0.25, 0.3) is 10.2 Å². The number of piperidine rings is 1. The molecule has 2 saturated heterocycles. The van der Waals surface area contributed by atoms with E-state index in [9.17, 15) is 9.18 Å². The zero-order chi connectivity index (χ0) is 18.4. The van der Waals surface area contributed by atoms with Gasteiger partial charge in [0.05, 0.1) is 15.6 Å². The molecule has 5 nitrogen and oxygen atoms in total. The van der Waals surface area contributed by atoms with E-state index in [1.54, 1.807) is 0 Å². The van der Waals surface area contributed by atoms with Crippen molar-refractivity contribution in [2.45, 2.75) is 31.8 Å². The average Bonchev–Trinajstić information content (AvgIpc) is 3.02. The molecule has 0 spiro atoms. The van der Waals surface area contributed by atoms with Gasteiger partial charge in [-0.2, -0.15) is 0 Å². The van der Waals surface area contributed by atoms with Crippen molar-refractivity contribution in [3.05, 3.63) is 23.0 Å². The first-order chi connectivity index (χ1) is 12.4. The number of halogens is 2. The smallest absolute Gasteiger partial charge is 0.230 e. The third-order valence-corrected chi connectivity index (χ3v) is 6.87. The van der Waals surface area contributed by atoms with Crippen molar-refractivity contribution in [1.82, 2.24) is 14.8 Å². The molecule has 0 saturated carbocycles. The van der Waals surface area contributed by atoms with Crippen LogP contribution in [-0.2, 0) is 4.79 Å². The minimum absolute atomic E-state index is 0.00863. The molecule has 8 heteroatoms. The maximum absolute atomic E-state index is 13.5. The van der Waals surface area contributed by atoms with Crippen molar-refractivity contribution < 1.29 is 9.18 Å². The molecule has 2 fully saturated rings. The molecular weight excluding hydrogens is 375 g/mol. The van der Waals surface area contributed by atoms with E-state index in [0.29, 0.717) is 27.4 Å². The van der Waals surface area contributed by atoms with Crippen LogP contribution in [0.4, 0.5) is 9.52 Å². The molecule has 2 aliphatic rings. The van der Waals surface area contributed by atoms with Crippen LogP contribution in [0.2, 0.25) is 5.02 Å². The van der Waals surface area contributed by atoms with Gasteiger partial charge in [0.15, 0.2) is 5.13 Å². The number of aromatic nitrogens is 1. The lowest BCUT2D eigenvalue weighted by Crippen LogP contribution is -2.65. The second-order valence-electron chi connectivity index (χ2n) is 7.32. The van der Waals surface area contributed by atoms with Crippen molar-refractivity contribution in [2.24, 2.45) is 5.92 Å². The molecule has 3 heterocycles. The zero-order valence-corrected chi connectivity index (χ0v) is 16.4. The van der Waals surface area contributed by atoms with Crippen molar-refractivity contribution in [3.8, 4) is 0 Å². The van der Waals surface area contributed by atoms with E-state index >= 15 is 0 Å². The standard InChI is InChI=1S/C18H22ClFN4OS/c1-10-14(9-23(10)2)24-5-3-4-11(8-24)17(25)22-18-21-16-13(19)6-12(20)7-15(16)26-18/h6-7,10-11,14H,3-5,8-9H2,1-2H3,(H,21,22,25). The number of nitrogens with zero attached hydrogens (tertiary/aromatic N) is 3. The topological polar surface area (TPSA) is 48.5 Å². The molecule has 2 aromatic rings. The summed E-state index contributed by atoms with van der Waals surface area (Å²) in [5, 5.41) is 3.66. The van der Waals surface area contributed by atoms with Gasteiger partial charge in [-0.25, -0.2) is 9.37 Å². The fraction of sp³-hybridized carbons (Fsp3) is 0.556. The number of carbonyl (C=O) groups excluding carboxylic acids is 1. The molecule has 2 aliphatic heterocycles. The summed E-state index contributed by atoms with van der Waals surface area (Å²) in [6, 6.07) is 3.72. The van der Waals surface area contributed by atoms with E-state index in [0.717, 1.165) is 32.5 Å². The number of hydrogen-bond acceptors (Lipinski definition) is 5.